The number of benzene rings is 1. The molecule has 1 fully saturated rings. The van der Waals surface area contributed by atoms with Crippen LogP contribution in [0.3, 0.4) is 0 Å². The van der Waals surface area contributed by atoms with Crippen molar-refractivity contribution in [2.75, 3.05) is 6.54 Å². The van der Waals surface area contributed by atoms with E-state index >= 15 is 0 Å². The Labute approximate surface area is 109 Å². The predicted molar refractivity (Wildman–Crippen MR) is 76.6 cm³/mol. The summed E-state index contributed by atoms with van der Waals surface area (Å²) in [5.74, 6) is 1.26. The minimum atomic E-state index is 0.470. The van der Waals surface area contributed by atoms with E-state index in [1.54, 1.807) is 6.08 Å². The average molecular weight is 243 g/mol. The molecule has 1 aromatic carbocycles. The van der Waals surface area contributed by atoms with E-state index in [4.69, 9.17) is 5.73 Å². The van der Waals surface area contributed by atoms with E-state index < -0.39 is 0 Å². The quantitative estimate of drug-likeness (QED) is 0.474. The fourth-order valence-corrected chi connectivity index (χ4v) is 2.05. The van der Waals surface area contributed by atoms with Crippen LogP contribution in [0.2, 0.25) is 0 Å². The molecular weight excluding hydrogens is 222 g/mol. The fraction of sp³-hybridized carbons (Fsp3) is 0.400. The van der Waals surface area contributed by atoms with E-state index in [0.29, 0.717) is 19.0 Å². The van der Waals surface area contributed by atoms with Gasteiger partial charge in [0.2, 0.25) is 0 Å². The van der Waals surface area contributed by atoms with Crippen LogP contribution in [0.4, 0.5) is 0 Å². The number of guanidine groups is 1. The molecular formula is C15H21N3. The summed E-state index contributed by atoms with van der Waals surface area (Å²) in [6, 6.07) is 8.75. The van der Waals surface area contributed by atoms with Crippen LogP contribution in [-0.2, 0) is 6.54 Å². The third-order valence-corrected chi connectivity index (χ3v) is 3.42. The van der Waals surface area contributed by atoms with Gasteiger partial charge in [0.15, 0.2) is 5.96 Å². The number of nitrogens with zero attached hydrogens (tertiary/aromatic N) is 1. The van der Waals surface area contributed by atoms with Crippen molar-refractivity contribution < 1.29 is 0 Å². The average Bonchev–Trinajstić information content (AvgIpc) is 2.33. The van der Waals surface area contributed by atoms with Crippen molar-refractivity contribution in [2.24, 2.45) is 10.7 Å². The lowest BCUT2D eigenvalue weighted by Gasteiger charge is -2.25. The van der Waals surface area contributed by atoms with Gasteiger partial charge in [-0.3, -0.25) is 0 Å². The van der Waals surface area contributed by atoms with Crippen molar-refractivity contribution in [2.45, 2.75) is 31.7 Å². The van der Waals surface area contributed by atoms with Crippen LogP contribution in [-0.4, -0.2) is 12.5 Å². The summed E-state index contributed by atoms with van der Waals surface area (Å²) in [6.45, 7) is 4.89. The van der Waals surface area contributed by atoms with Gasteiger partial charge < -0.3 is 11.1 Å². The maximum Gasteiger partial charge on any atom is 0.189 e. The summed E-state index contributed by atoms with van der Waals surface area (Å²) in [5.41, 5.74) is 8.37. The highest BCUT2D eigenvalue weighted by molar-refractivity contribution is 5.77. The summed E-state index contributed by atoms with van der Waals surface area (Å²) < 4.78 is 0. The summed E-state index contributed by atoms with van der Waals surface area (Å²) in [5, 5.41) is 2.96. The number of nitrogens with one attached hydrogen (secondary N) is 1. The normalized spacial score (nSPS) is 16.1. The molecule has 0 aliphatic heterocycles. The lowest BCUT2D eigenvalue weighted by atomic mass is 9.80. The summed E-state index contributed by atoms with van der Waals surface area (Å²) in [6.07, 6.45) is 5.82. The molecule has 1 aliphatic carbocycles. The van der Waals surface area contributed by atoms with Crippen molar-refractivity contribution in [1.29, 1.82) is 0 Å². The van der Waals surface area contributed by atoms with Crippen molar-refractivity contribution >= 4 is 5.96 Å². The first-order chi connectivity index (χ1) is 8.79. The Bertz CT molecular complexity index is 416. The smallest absolute Gasteiger partial charge is 0.189 e. The molecule has 1 saturated carbocycles. The first-order valence-corrected chi connectivity index (χ1v) is 6.53. The largest absolute Gasteiger partial charge is 0.370 e. The highest BCUT2D eigenvalue weighted by Gasteiger charge is 2.18. The Balaban J connectivity index is 1.87. The van der Waals surface area contributed by atoms with Gasteiger partial charge in [-0.05, 0) is 29.9 Å². The van der Waals surface area contributed by atoms with Crippen LogP contribution >= 0.6 is 0 Å². The molecule has 1 aliphatic rings. The monoisotopic (exact) mass is 243 g/mol. The van der Waals surface area contributed by atoms with Crippen molar-refractivity contribution in [1.82, 2.24) is 5.32 Å². The predicted octanol–water partition coefficient (Wildman–Crippen LogP) is 2.54. The maximum absolute atomic E-state index is 5.71. The zero-order chi connectivity index (χ0) is 12.8. The van der Waals surface area contributed by atoms with E-state index in [1.807, 2.05) is 0 Å². The number of hydrogen-bond acceptors (Lipinski definition) is 1. The Kier molecular flexibility index (Phi) is 4.40. The second-order valence-corrected chi connectivity index (χ2v) is 4.74. The molecule has 3 nitrogen and oxygen atoms in total. The second kappa shape index (κ2) is 6.24. The van der Waals surface area contributed by atoms with Crippen LogP contribution in [0.15, 0.2) is 41.9 Å². The summed E-state index contributed by atoms with van der Waals surface area (Å²) >= 11 is 0. The third-order valence-electron chi connectivity index (χ3n) is 3.42. The van der Waals surface area contributed by atoms with Gasteiger partial charge in [-0.2, -0.15) is 0 Å². The molecule has 18 heavy (non-hydrogen) atoms. The molecule has 0 radical (unpaired) electrons. The fourth-order valence-electron chi connectivity index (χ4n) is 2.05. The molecule has 2 rings (SSSR count). The van der Waals surface area contributed by atoms with Crippen molar-refractivity contribution in [3.05, 3.63) is 48.0 Å². The summed E-state index contributed by atoms with van der Waals surface area (Å²) in [4.78, 5) is 4.28. The van der Waals surface area contributed by atoms with E-state index in [9.17, 15) is 0 Å². The second-order valence-electron chi connectivity index (χ2n) is 4.74. The van der Waals surface area contributed by atoms with Crippen LogP contribution in [0, 0.1) is 0 Å². The first kappa shape index (κ1) is 12.7. The molecule has 0 amide bonds. The first-order valence-electron chi connectivity index (χ1n) is 6.53. The van der Waals surface area contributed by atoms with E-state index in [0.717, 1.165) is 5.92 Å². The Hall–Kier alpha value is -1.77. The molecule has 3 N–H and O–H groups in total. The van der Waals surface area contributed by atoms with Crippen molar-refractivity contribution in [3.8, 4) is 0 Å². The van der Waals surface area contributed by atoms with E-state index in [-0.39, 0.29) is 0 Å². The molecule has 0 spiro atoms. The van der Waals surface area contributed by atoms with Crippen LogP contribution in [0.1, 0.15) is 36.3 Å². The number of rotatable bonds is 5. The minimum absolute atomic E-state index is 0.470. The van der Waals surface area contributed by atoms with Gasteiger partial charge in [-0.15, -0.1) is 6.58 Å². The molecule has 0 aromatic heterocycles. The Morgan fingerprint density at radius 1 is 1.39 bits per heavy atom. The Morgan fingerprint density at radius 2 is 2.11 bits per heavy atom. The lowest BCUT2D eigenvalue weighted by Crippen LogP contribution is -2.31. The molecule has 3 heteroatoms. The molecule has 1 aromatic rings. The highest BCUT2D eigenvalue weighted by atomic mass is 15.1. The zero-order valence-corrected chi connectivity index (χ0v) is 10.7. The standard InChI is InChI=1S/C15H21N3/c1-2-10-17-15(16)18-11-12-6-8-14(9-7-12)13-4-3-5-13/h2,6-9,13H,1,3-5,10-11H2,(H3,16,17,18). The number of aliphatic imine (C=N–C) groups is 1. The SMILES string of the molecule is C=CCNC(N)=NCc1ccc(C2CCC2)cc1. The summed E-state index contributed by atoms with van der Waals surface area (Å²) in [7, 11) is 0. The van der Waals surface area contributed by atoms with Gasteiger partial charge in [0.25, 0.3) is 0 Å². The number of nitrogens with two attached hydrogens (primary N) is 1. The minimum Gasteiger partial charge on any atom is -0.370 e. The van der Waals surface area contributed by atoms with Gasteiger partial charge >= 0.3 is 0 Å². The van der Waals surface area contributed by atoms with Gasteiger partial charge in [-0.25, -0.2) is 4.99 Å². The molecule has 0 heterocycles. The topological polar surface area (TPSA) is 50.4 Å². The zero-order valence-electron chi connectivity index (χ0n) is 10.7. The highest BCUT2D eigenvalue weighted by Crippen LogP contribution is 2.36. The van der Waals surface area contributed by atoms with Gasteiger partial charge in [-0.1, -0.05) is 36.8 Å². The number of hydrogen-bond donors (Lipinski definition) is 2. The Morgan fingerprint density at radius 3 is 2.67 bits per heavy atom. The van der Waals surface area contributed by atoms with Crippen LogP contribution in [0.25, 0.3) is 0 Å². The third kappa shape index (κ3) is 3.36. The molecule has 0 atom stereocenters. The van der Waals surface area contributed by atoms with Crippen molar-refractivity contribution in [3.63, 3.8) is 0 Å². The van der Waals surface area contributed by atoms with Gasteiger partial charge in [0.1, 0.15) is 0 Å². The van der Waals surface area contributed by atoms with Crippen LogP contribution < -0.4 is 11.1 Å². The maximum atomic E-state index is 5.71. The van der Waals surface area contributed by atoms with Gasteiger partial charge in [0, 0.05) is 6.54 Å². The van der Waals surface area contributed by atoms with Gasteiger partial charge in [0.05, 0.1) is 6.54 Å². The van der Waals surface area contributed by atoms with Crippen LogP contribution in [0.5, 0.6) is 0 Å². The molecule has 0 unspecified atom stereocenters. The molecule has 0 saturated heterocycles. The van der Waals surface area contributed by atoms with E-state index in [1.165, 1.54) is 30.4 Å². The molecule has 96 valence electrons. The van der Waals surface area contributed by atoms with E-state index in [2.05, 4.69) is 41.2 Å². The molecule has 0 bridgehead atoms. The lowest BCUT2D eigenvalue weighted by molar-refractivity contribution is 0.419.